The first-order valence-electron chi connectivity index (χ1n) is 14.3. The van der Waals surface area contributed by atoms with Crippen LogP contribution in [-0.4, -0.2) is 93.2 Å². The number of hydrogen-bond acceptors (Lipinski definition) is 9. The summed E-state index contributed by atoms with van der Waals surface area (Å²) in [5.41, 5.74) is 10.2. The molecule has 0 bridgehead atoms. The Morgan fingerprint density at radius 1 is 0.951 bits per heavy atom. The first-order valence-corrected chi connectivity index (χ1v) is 15.3. The topological polar surface area (TPSA) is 110 Å². The first kappa shape index (κ1) is 29.1. The van der Waals surface area contributed by atoms with Crippen LogP contribution in [0.2, 0.25) is 0 Å². The van der Waals surface area contributed by atoms with Crippen LogP contribution in [-0.2, 0) is 22.7 Å². The number of nitrogens with zero attached hydrogens (tertiary/aromatic N) is 6. The number of thioether (sulfide) groups is 1. The quantitative estimate of drug-likeness (QED) is 0.141. The maximum absolute atomic E-state index is 11.8. The van der Waals surface area contributed by atoms with Gasteiger partial charge < -0.3 is 15.0 Å². The zero-order valence-corrected chi connectivity index (χ0v) is 24.7. The van der Waals surface area contributed by atoms with Crippen molar-refractivity contribution in [3.63, 3.8) is 0 Å². The molecule has 0 radical (unpaired) electrons. The Kier molecular flexibility index (Phi) is 9.58. The summed E-state index contributed by atoms with van der Waals surface area (Å²) in [6.07, 6.45) is 8.28. The lowest BCUT2D eigenvalue weighted by atomic mass is 10.1. The molecule has 0 spiro atoms. The van der Waals surface area contributed by atoms with Crippen molar-refractivity contribution in [3.8, 4) is 5.75 Å². The van der Waals surface area contributed by atoms with Gasteiger partial charge in [0.25, 0.3) is 11.8 Å². The molecule has 218 valence electrons. The van der Waals surface area contributed by atoms with Crippen LogP contribution >= 0.6 is 11.8 Å². The van der Waals surface area contributed by atoms with Crippen LogP contribution < -0.4 is 10.5 Å². The summed E-state index contributed by atoms with van der Waals surface area (Å²) in [7, 11) is 1.72. The number of amides is 2. The number of nitrogens with two attached hydrogens (primary N) is 1. The number of carbonyl (C=O) groups excluding carboxylic acids is 2. The first-order chi connectivity index (χ1) is 19.9. The van der Waals surface area contributed by atoms with Crippen molar-refractivity contribution in [2.45, 2.75) is 44.3 Å². The number of aromatic nitrogens is 3. The third kappa shape index (κ3) is 7.09. The van der Waals surface area contributed by atoms with Gasteiger partial charge in [-0.3, -0.25) is 24.3 Å². The SMILES string of the molecule is CCCCCSc1nc(N)nc2ccn(Cc3ccc(CN4CCN(CCN5C(=O)C=CC5=O)CC4)cc3OC)c12. The van der Waals surface area contributed by atoms with Crippen molar-refractivity contribution in [2.24, 2.45) is 0 Å². The maximum atomic E-state index is 11.8. The van der Waals surface area contributed by atoms with Crippen LogP contribution in [0, 0.1) is 0 Å². The number of piperazine rings is 1. The minimum atomic E-state index is -0.212. The molecule has 0 unspecified atom stereocenters. The van der Waals surface area contributed by atoms with Gasteiger partial charge in [0, 0.05) is 69.7 Å². The molecular weight excluding hydrogens is 538 g/mol. The summed E-state index contributed by atoms with van der Waals surface area (Å²) in [5.74, 6) is 1.76. The lowest BCUT2D eigenvalue weighted by Crippen LogP contribution is -2.48. The average molecular weight is 578 g/mol. The molecule has 2 aliphatic rings. The Bertz CT molecular complexity index is 1400. The number of ether oxygens (including phenoxy) is 1. The largest absolute Gasteiger partial charge is 0.496 e. The molecule has 0 atom stereocenters. The van der Waals surface area contributed by atoms with E-state index in [1.807, 2.05) is 12.3 Å². The predicted octanol–water partition coefficient (Wildman–Crippen LogP) is 3.40. The number of rotatable bonds is 13. The molecular formula is C30H39N7O3S. The monoisotopic (exact) mass is 577 g/mol. The van der Waals surface area contributed by atoms with Crippen molar-refractivity contribution in [1.29, 1.82) is 0 Å². The number of fused-ring (bicyclic) bond motifs is 1. The number of unbranched alkanes of at least 4 members (excludes halogenated alkanes) is 2. The standard InChI is InChI=1S/C30H39N7O3S/c1-3-4-5-18-41-29-28-24(32-30(31)33-29)10-11-36(28)21-23-7-6-22(19-25(23)40-2)20-35-14-12-34(13-15-35)16-17-37-26(38)8-9-27(37)39/h6-11,19H,3-5,12-18,20-21H2,1-2H3,(H2,31,32,33). The molecule has 5 rings (SSSR count). The third-order valence-electron chi connectivity index (χ3n) is 7.69. The van der Waals surface area contributed by atoms with E-state index in [1.165, 1.54) is 35.5 Å². The van der Waals surface area contributed by atoms with Gasteiger partial charge in [-0.25, -0.2) is 9.97 Å². The van der Waals surface area contributed by atoms with Gasteiger partial charge in [-0.15, -0.1) is 11.8 Å². The highest BCUT2D eigenvalue weighted by Gasteiger charge is 2.25. The molecule has 11 heteroatoms. The van der Waals surface area contributed by atoms with Crippen LogP contribution in [0.1, 0.15) is 37.3 Å². The fourth-order valence-corrected chi connectivity index (χ4v) is 6.42. The van der Waals surface area contributed by atoms with Crippen molar-refractivity contribution >= 4 is 40.6 Å². The Labute approximate surface area is 245 Å². The third-order valence-corrected chi connectivity index (χ3v) is 8.74. The summed E-state index contributed by atoms with van der Waals surface area (Å²) < 4.78 is 8.02. The molecule has 2 amide bonds. The molecule has 2 aromatic heterocycles. The Hall–Kier alpha value is -3.41. The van der Waals surface area contributed by atoms with Crippen LogP contribution in [0.5, 0.6) is 5.75 Å². The average Bonchev–Trinajstić information content (AvgIpc) is 3.52. The number of nitrogen functional groups attached to an aromatic ring is 1. The number of carbonyl (C=O) groups is 2. The van der Waals surface area contributed by atoms with E-state index in [2.05, 4.69) is 49.5 Å². The number of methoxy groups -OCH3 is 1. The fourth-order valence-electron chi connectivity index (χ4n) is 5.37. The molecule has 2 N–H and O–H groups in total. The summed E-state index contributed by atoms with van der Waals surface area (Å²) in [6, 6.07) is 8.48. The van der Waals surface area contributed by atoms with Crippen molar-refractivity contribution in [1.82, 2.24) is 29.2 Å². The van der Waals surface area contributed by atoms with E-state index < -0.39 is 0 Å². The Balaban J connectivity index is 1.19. The Morgan fingerprint density at radius 3 is 2.44 bits per heavy atom. The second kappa shape index (κ2) is 13.5. The lowest BCUT2D eigenvalue weighted by molar-refractivity contribution is -0.137. The molecule has 0 aliphatic carbocycles. The van der Waals surface area contributed by atoms with Crippen molar-refractivity contribution in [2.75, 3.05) is 57.9 Å². The lowest BCUT2D eigenvalue weighted by Gasteiger charge is -2.35. The molecule has 4 heterocycles. The number of hydrogen-bond donors (Lipinski definition) is 1. The summed E-state index contributed by atoms with van der Waals surface area (Å²) in [4.78, 5) is 38.7. The van der Waals surface area contributed by atoms with E-state index in [-0.39, 0.29) is 11.8 Å². The molecule has 1 aromatic carbocycles. The van der Waals surface area contributed by atoms with Gasteiger partial charge in [-0.1, -0.05) is 31.9 Å². The van der Waals surface area contributed by atoms with Crippen LogP contribution in [0.3, 0.4) is 0 Å². The van der Waals surface area contributed by atoms with Gasteiger partial charge in [0.05, 0.1) is 19.2 Å². The second-order valence-corrected chi connectivity index (χ2v) is 11.6. The highest BCUT2D eigenvalue weighted by Crippen LogP contribution is 2.30. The van der Waals surface area contributed by atoms with Crippen molar-refractivity contribution in [3.05, 3.63) is 53.7 Å². The van der Waals surface area contributed by atoms with Gasteiger partial charge in [-0.05, 0) is 29.9 Å². The van der Waals surface area contributed by atoms with Crippen LogP contribution in [0.25, 0.3) is 11.0 Å². The number of anilines is 1. The maximum Gasteiger partial charge on any atom is 0.253 e. The minimum absolute atomic E-state index is 0.212. The Morgan fingerprint density at radius 2 is 1.71 bits per heavy atom. The van der Waals surface area contributed by atoms with Gasteiger partial charge in [0.15, 0.2) is 0 Å². The van der Waals surface area contributed by atoms with Gasteiger partial charge >= 0.3 is 0 Å². The summed E-state index contributed by atoms with van der Waals surface area (Å²) in [6.45, 7) is 8.53. The molecule has 1 saturated heterocycles. The molecule has 2 aliphatic heterocycles. The van der Waals surface area contributed by atoms with Gasteiger partial charge in [0.2, 0.25) is 5.95 Å². The molecule has 3 aromatic rings. The van der Waals surface area contributed by atoms with E-state index in [0.29, 0.717) is 25.6 Å². The van der Waals surface area contributed by atoms with E-state index >= 15 is 0 Å². The zero-order valence-electron chi connectivity index (χ0n) is 23.9. The molecule has 1 fully saturated rings. The van der Waals surface area contributed by atoms with Crippen molar-refractivity contribution < 1.29 is 14.3 Å². The highest BCUT2D eigenvalue weighted by atomic mass is 32.2. The van der Waals surface area contributed by atoms with E-state index in [9.17, 15) is 9.59 Å². The minimum Gasteiger partial charge on any atom is -0.496 e. The number of benzene rings is 1. The van der Waals surface area contributed by atoms with Crippen LogP contribution in [0.4, 0.5) is 5.95 Å². The molecule has 10 nitrogen and oxygen atoms in total. The molecule has 41 heavy (non-hydrogen) atoms. The highest BCUT2D eigenvalue weighted by molar-refractivity contribution is 7.99. The molecule has 0 saturated carbocycles. The zero-order chi connectivity index (χ0) is 28.8. The van der Waals surface area contributed by atoms with E-state index in [4.69, 9.17) is 10.5 Å². The smallest absolute Gasteiger partial charge is 0.253 e. The summed E-state index contributed by atoms with van der Waals surface area (Å²) in [5, 5.41) is 0.929. The second-order valence-electron chi connectivity index (χ2n) is 10.5. The normalized spacial score (nSPS) is 16.4. The van der Waals surface area contributed by atoms with E-state index in [1.54, 1.807) is 18.9 Å². The predicted molar refractivity (Wildman–Crippen MR) is 162 cm³/mol. The summed E-state index contributed by atoms with van der Waals surface area (Å²) >= 11 is 1.75. The van der Waals surface area contributed by atoms with Gasteiger partial charge in [-0.2, -0.15) is 0 Å². The fraction of sp³-hybridized carbons (Fsp3) is 0.467. The number of imide groups is 1. The van der Waals surface area contributed by atoms with Crippen LogP contribution in [0.15, 0.2) is 47.6 Å². The van der Waals surface area contributed by atoms with E-state index in [0.717, 1.165) is 72.3 Å². The van der Waals surface area contributed by atoms with Gasteiger partial charge in [0.1, 0.15) is 16.3 Å².